The molecule has 0 spiro atoms. The summed E-state index contributed by atoms with van der Waals surface area (Å²) in [5.41, 5.74) is 22.5. The number of hydrazine groups is 1. The third kappa shape index (κ3) is 8.82. The molecule has 0 radical (unpaired) electrons. The van der Waals surface area contributed by atoms with Gasteiger partial charge in [-0.3, -0.25) is 14.9 Å². The van der Waals surface area contributed by atoms with Gasteiger partial charge in [-0.25, -0.2) is 10.9 Å². The molecule has 0 aliphatic rings. The van der Waals surface area contributed by atoms with E-state index in [-0.39, 0.29) is 10.9 Å². The van der Waals surface area contributed by atoms with Crippen molar-refractivity contribution < 1.29 is 14.7 Å². The summed E-state index contributed by atoms with van der Waals surface area (Å²) in [6, 6.07) is 5.15. The van der Waals surface area contributed by atoms with Crippen molar-refractivity contribution in [2.75, 3.05) is 6.54 Å². The topological polar surface area (TPSA) is 169 Å². The zero-order valence-corrected chi connectivity index (χ0v) is 14.7. The molecule has 1 amide bonds. The number of hydrogen-bond acceptors (Lipinski definition) is 8. The average Bonchev–Trinajstić information content (AvgIpc) is 2.53. The molecule has 0 aliphatic carbocycles. The molecule has 1 aromatic rings. The van der Waals surface area contributed by atoms with Crippen molar-refractivity contribution in [2.24, 2.45) is 17.2 Å². The molecule has 9 nitrogen and oxygen atoms in total. The molecule has 0 bridgehead atoms. The van der Waals surface area contributed by atoms with Crippen LogP contribution in [0, 0.1) is 0 Å². The monoisotopic (exact) mass is 370 g/mol. The number of phenols is 1. The van der Waals surface area contributed by atoms with Crippen LogP contribution in [0.2, 0.25) is 0 Å². The number of nitrogens with two attached hydrogens (primary N) is 3. The number of hydrogen-bond donors (Lipinski definition) is 8. The number of aromatic hydroxyl groups is 1. The van der Waals surface area contributed by atoms with Gasteiger partial charge in [-0.15, -0.1) is 12.6 Å². The lowest BCUT2D eigenvalue weighted by molar-refractivity contribution is -0.121. The first-order chi connectivity index (χ1) is 11.8. The van der Waals surface area contributed by atoms with E-state index in [0.717, 1.165) is 5.56 Å². The number of amides is 1. The number of rotatable bonds is 12. The van der Waals surface area contributed by atoms with Crippen LogP contribution in [-0.4, -0.2) is 41.0 Å². The van der Waals surface area contributed by atoms with Crippen LogP contribution in [0.1, 0.15) is 18.4 Å². The summed E-state index contributed by atoms with van der Waals surface area (Å²) >= 11 is 3.86. The second kappa shape index (κ2) is 11.0. The third-order valence-corrected chi connectivity index (χ3v) is 3.81. The first kappa shape index (κ1) is 21.4. The fraction of sp³-hybridized carbons (Fsp3) is 0.467. The van der Waals surface area contributed by atoms with Crippen molar-refractivity contribution in [3.63, 3.8) is 0 Å². The standard InChI is InChI=1S/C15H26N6O3S/c16-13(23)11(2-1-7-19-15(17)18)20-21-12(14(24)25)8-9-3-5-10(22)6-4-9/h3-6,11-12,15,19-22H,1-2,7-8,17-18H2,(H2,16,23)(H,24,25)/t11-,12-/m0/s1. The summed E-state index contributed by atoms with van der Waals surface area (Å²) in [5.74, 6) is -0.400. The van der Waals surface area contributed by atoms with Crippen LogP contribution < -0.4 is 33.4 Å². The van der Waals surface area contributed by atoms with E-state index in [0.29, 0.717) is 25.8 Å². The molecule has 0 unspecified atom stereocenters. The summed E-state index contributed by atoms with van der Waals surface area (Å²) < 4.78 is 0. The molecular formula is C15H26N6O3S. The Balaban J connectivity index is 2.53. The van der Waals surface area contributed by atoms with E-state index in [2.05, 4.69) is 28.8 Å². The van der Waals surface area contributed by atoms with E-state index in [4.69, 9.17) is 17.2 Å². The number of carbonyl (C=O) groups excluding carboxylic acids is 2. The highest BCUT2D eigenvalue weighted by molar-refractivity contribution is 7.96. The van der Waals surface area contributed by atoms with Gasteiger partial charge in [-0.2, -0.15) is 0 Å². The smallest absolute Gasteiger partial charge is 0.235 e. The highest BCUT2D eigenvalue weighted by Gasteiger charge is 2.20. The molecule has 1 aromatic carbocycles. The minimum absolute atomic E-state index is 0.142. The largest absolute Gasteiger partial charge is 0.508 e. The lowest BCUT2D eigenvalue weighted by atomic mass is 10.1. The number of thiol groups is 1. The molecule has 25 heavy (non-hydrogen) atoms. The highest BCUT2D eigenvalue weighted by atomic mass is 32.1. The van der Waals surface area contributed by atoms with Gasteiger partial charge in [0.1, 0.15) is 12.0 Å². The Morgan fingerprint density at radius 1 is 1.12 bits per heavy atom. The van der Waals surface area contributed by atoms with Gasteiger partial charge < -0.3 is 22.3 Å². The molecule has 0 fully saturated rings. The average molecular weight is 370 g/mol. The maximum absolute atomic E-state index is 11.7. The normalized spacial score (nSPS) is 13.6. The lowest BCUT2D eigenvalue weighted by Gasteiger charge is -2.21. The lowest BCUT2D eigenvalue weighted by Crippen LogP contribution is -2.54. The number of primary amides is 1. The van der Waals surface area contributed by atoms with E-state index >= 15 is 0 Å². The quantitative estimate of drug-likeness (QED) is 0.0930. The summed E-state index contributed by atoms with van der Waals surface area (Å²) in [4.78, 5) is 23.2. The minimum Gasteiger partial charge on any atom is -0.508 e. The van der Waals surface area contributed by atoms with Crippen LogP contribution in [0.25, 0.3) is 0 Å². The van der Waals surface area contributed by atoms with Crippen molar-refractivity contribution in [3.05, 3.63) is 29.8 Å². The van der Waals surface area contributed by atoms with Gasteiger partial charge in [-0.05, 0) is 43.5 Å². The van der Waals surface area contributed by atoms with Crippen LogP contribution >= 0.6 is 12.6 Å². The van der Waals surface area contributed by atoms with Crippen molar-refractivity contribution in [1.29, 1.82) is 0 Å². The molecule has 0 aromatic heterocycles. The Hall–Kier alpha value is -1.69. The van der Waals surface area contributed by atoms with Gasteiger partial charge in [0.15, 0.2) is 0 Å². The zero-order chi connectivity index (χ0) is 18.8. The minimum atomic E-state index is -0.662. The number of benzene rings is 1. The SMILES string of the molecule is NC(=O)[C@H](CCCNC(N)N)NN[C@@H](Cc1ccc(O)cc1)C(=O)S. The predicted molar refractivity (Wildman–Crippen MR) is 98.2 cm³/mol. The fourth-order valence-electron chi connectivity index (χ4n) is 2.13. The molecule has 2 atom stereocenters. The fourth-order valence-corrected chi connectivity index (χ4v) is 2.29. The Kier molecular flexibility index (Phi) is 9.42. The summed E-state index contributed by atoms with van der Waals surface area (Å²) in [7, 11) is 0. The molecule has 0 heterocycles. The maximum Gasteiger partial charge on any atom is 0.235 e. The zero-order valence-electron chi connectivity index (χ0n) is 13.8. The highest BCUT2D eigenvalue weighted by Crippen LogP contribution is 2.12. The van der Waals surface area contributed by atoms with E-state index in [1.807, 2.05) is 0 Å². The van der Waals surface area contributed by atoms with E-state index in [1.54, 1.807) is 12.1 Å². The maximum atomic E-state index is 11.7. The van der Waals surface area contributed by atoms with Crippen molar-refractivity contribution >= 4 is 23.7 Å². The van der Waals surface area contributed by atoms with Gasteiger partial charge in [0.25, 0.3) is 0 Å². The van der Waals surface area contributed by atoms with Crippen LogP contribution in [-0.2, 0) is 16.0 Å². The van der Waals surface area contributed by atoms with Gasteiger partial charge in [0.2, 0.25) is 11.0 Å². The summed E-state index contributed by atoms with van der Waals surface area (Å²) in [5, 5.41) is 11.7. The molecule has 1 rings (SSSR count). The van der Waals surface area contributed by atoms with Crippen molar-refractivity contribution in [2.45, 2.75) is 37.6 Å². The molecular weight excluding hydrogens is 344 g/mol. The van der Waals surface area contributed by atoms with Crippen LogP contribution in [0.5, 0.6) is 5.75 Å². The van der Waals surface area contributed by atoms with Gasteiger partial charge in [0.05, 0.1) is 12.1 Å². The first-order valence-electron chi connectivity index (χ1n) is 7.85. The number of nitrogens with one attached hydrogen (secondary N) is 3. The summed E-state index contributed by atoms with van der Waals surface area (Å²) in [6.45, 7) is 0.533. The van der Waals surface area contributed by atoms with Gasteiger partial charge in [-0.1, -0.05) is 12.1 Å². The molecule has 10 N–H and O–H groups in total. The van der Waals surface area contributed by atoms with Crippen LogP contribution in [0.15, 0.2) is 24.3 Å². The van der Waals surface area contributed by atoms with Gasteiger partial charge >= 0.3 is 0 Å². The summed E-state index contributed by atoms with van der Waals surface area (Å²) in [6.07, 6.45) is 0.777. The first-order valence-corrected chi connectivity index (χ1v) is 8.30. The molecule has 0 aliphatic heterocycles. The van der Waals surface area contributed by atoms with E-state index in [1.165, 1.54) is 12.1 Å². The van der Waals surface area contributed by atoms with Crippen molar-refractivity contribution in [1.82, 2.24) is 16.2 Å². The number of phenolic OH excluding ortho intramolecular Hbond substituents is 1. The second-order valence-corrected chi connectivity index (χ2v) is 6.07. The Morgan fingerprint density at radius 2 is 1.72 bits per heavy atom. The van der Waals surface area contributed by atoms with Gasteiger partial charge in [0, 0.05) is 0 Å². The van der Waals surface area contributed by atoms with Crippen LogP contribution in [0.4, 0.5) is 0 Å². The third-order valence-electron chi connectivity index (χ3n) is 3.50. The Bertz CT molecular complexity index is 555. The van der Waals surface area contributed by atoms with Crippen molar-refractivity contribution in [3.8, 4) is 5.75 Å². The molecule has 0 saturated heterocycles. The Morgan fingerprint density at radius 3 is 2.24 bits per heavy atom. The Labute approximate surface area is 152 Å². The molecule has 10 heteroatoms. The van der Waals surface area contributed by atoms with Crippen LogP contribution in [0.3, 0.4) is 0 Å². The second-order valence-electron chi connectivity index (χ2n) is 5.63. The van der Waals surface area contributed by atoms with E-state index < -0.39 is 24.3 Å². The van der Waals surface area contributed by atoms with E-state index in [9.17, 15) is 14.7 Å². The molecule has 0 saturated carbocycles. The number of carbonyl (C=O) groups is 2. The molecule has 140 valence electrons. The predicted octanol–water partition coefficient (Wildman–Crippen LogP) is -1.72.